The Morgan fingerprint density at radius 1 is 0.897 bits per heavy atom. The summed E-state index contributed by atoms with van der Waals surface area (Å²) in [4.78, 5) is 7.99. The van der Waals surface area contributed by atoms with Crippen LogP contribution in [-0.4, -0.2) is 30.3 Å². The molecule has 4 aromatic carbocycles. The standard InChI is InChI=1S/C31H30N4O3S/c1-21(2)32-20-22-13-15-24(16-14-22)33-30(23-9-5-3-6-10-23)29-27-19-26(17-18-28(27)34-31(29)36)39(37,38)35-25-11-7-4-8-12-25/h3-19,21,32,34-36H,20H2,1-2H3. The molecule has 0 unspecified atom stereocenters. The summed E-state index contributed by atoms with van der Waals surface area (Å²) in [5.74, 6) is -0.0871. The Labute approximate surface area is 228 Å². The third-order valence-electron chi connectivity index (χ3n) is 6.26. The number of aromatic nitrogens is 1. The predicted octanol–water partition coefficient (Wildman–Crippen LogP) is 6.34. The molecule has 4 N–H and O–H groups in total. The molecule has 5 rings (SSSR count). The molecule has 1 heterocycles. The van der Waals surface area contributed by atoms with E-state index in [1.54, 1.807) is 36.4 Å². The minimum atomic E-state index is -3.87. The Bertz CT molecular complexity index is 1710. The number of sulfonamides is 1. The smallest absolute Gasteiger partial charge is 0.261 e. The average molecular weight is 539 g/mol. The molecule has 0 aliphatic heterocycles. The number of aromatic amines is 1. The zero-order valence-corrected chi connectivity index (χ0v) is 22.5. The van der Waals surface area contributed by atoms with Gasteiger partial charge in [-0.2, -0.15) is 0 Å². The molecule has 0 bridgehead atoms. The van der Waals surface area contributed by atoms with Crippen LogP contribution in [0.25, 0.3) is 10.9 Å². The monoisotopic (exact) mass is 538 g/mol. The third kappa shape index (κ3) is 6.03. The molecule has 0 atom stereocenters. The molecule has 0 radical (unpaired) electrons. The van der Waals surface area contributed by atoms with Crippen LogP contribution in [0.2, 0.25) is 0 Å². The number of para-hydroxylation sites is 1. The first-order chi connectivity index (χ1) is 18.8. The van der Waals surface area contributed by atoms with Gasteiger partial charge in [0.25, 0.3) is 10.0 Å². The summed E-state index contributed by atoms with van der Waals surface area (Å²) in [6, 6.07) is 31.3. The van der Waals surface area contributed by atoms with Crippen molar-refractivity contribution >= 4 is 38.0 Å². The summed E-state index contributed by atoms with van der Waals surface area (Å²) in [7, 11) is -3.87. The molecule has 0 spiro atoms. The molecule has 8 heteroatoms. The number of H-pyrrole nitrogens is 1. The fraction of sp³-hybridized carbons (Fsp3) is 0.129. The van der Waals surface area contributed by atoms with Gasteiger partial charge in [-0.25, -0.2) is 13.4 Å². The first-order valence-electron chi connectivity index (χ1n) is 12.7. The molecular formula is C31H30N4O3S. The average Bonchev–Trinajstić information content (AvgIpc) is 3.26. The van der Waals surface area contributed by atoms with Crippen LogP contribution in [0.15, 0.2) is 113 Å². The first kappa shape index (κ1) is 26.2. The van der Waals surface area contributed by atoms with Crippen molar-refractivity contribution in [3.63, 3.8) is 0 Å². The van der Waals surface area contributed by atoms with Gasteiger partial charge >= 0.3 is 0 Å². The van der Waals surface area contributed by atoms with Crippen molar-refractivity contribution in [2.24, 2.45) is 4.99 Å². The predicted molar refractivity (Wildman–Crippen MR) is 157 cm³/mol. The summed E-state index contributed by atoms with van der Waals surface area (Å²) in [5, 5.41) is 15.0. The quantitative estimate of drug-likeness (QED) is 0.164. The van der Waals surface area contributed by atoms with Gasteiger partial charge in [-0.3, -0.25) is 4.72 Å². The highest BCUT2D eigenvalue weighted by Gasteiger charge is 2.22. The van der Waals surface area contributed by atoms with E-state index in [0.29, 0.717) is 39.6 Å². The zero-order valence-electron chi connectivity index (χ0n) is 21.7. The number of aliphatic imine (C=N–C) groups is 1. The molecular weight excluding hydrogens is 508 g/mol. The number of anilines is 1. The SMILES string of the molecule is CC(C)NCc1ccc(N=C(c2ccccc2)c2c(O)[nH]c3ccc(S(=O)(=O)Nc4ccccc4)cc23)cc1. The van der Waals surface area contributed by atoms with Gasteiger partial charge in [0, 0.05) is 34.7 Å². The lowest BCUT2D eigenvalue weighted by atomic mass is 10.0. The van der Waals surface area contributed by atoms with E-state index in [1.165, 1.54) is 6.07 Å². The normalized spacial score (nSPS) is 12.2. The van der Waals surface area contributed by atoms with Crippen molar-refractivity contribution in [3.8, 4) is 5.88 Å². The van der Waals surface area contributed by atoms with E-state index in [0.717, 1.165) is 17.7 Å². The van der Waals surface area contributed by atoms with E-state index in [2.05, 4.69) is 28.9 Å². The zero-order chi connectivity index (χ0) is 27.4. The van der Waals surface area contributed by atoms with E-state index < -0.39 is 10.0 Å². The Morgan fingerprint density at radius 3 is 2.23 bits per heavy atom. The fourth-order valence-corrected chi connectivity index (χ4v) is 5.37. The molecule has 7 nitrogen and oxygen atoms in total. The van der Waals surface area contributed by atoms with Gasteiger partial charge in [-0.05, 0) is 48.0 Å². The number of fused-ring (bicyclic) bond motifs is 1. The van der Waals surface area contributed by atoms with Crippen LogP contribution in [0.3, 0.4) is 0 Å². The molecule has 39 heavy (non-hydrogen) atoms. The maximum absolute atomic E-state index is 13.2. The van der Waals surface area contributed by atoms with Gasteiger partial charge < -0.3 is 15.4 Å². The van der Waals surface area contributed by atoms with Gasteiger partial charge in [0.2, 0.25) is 0 Å². The number of hydrogen-bond donors (Lipinski definition) is 4. The van der Waals surface area contributed by atoms with Crippen LogP contribution >= 0.6 is 0 Å². The van der Waals surface area contributed by atoms with Gasteiger partial charge in [-0.15, -0.1) is 0 Å². The van der Waals surface area contributed by atoms with Crippen LogP contribution in [0.5, 0.6) is 5.88 Å². The number of nitrogens with zero attached hydrogens (tertiary/aromatic N) is 1. The van der Waals surface area contributed by atoms with Crippen molar-refractivity contribution < 1.29 is 13.5 Å². The van der Waals surface area contributed by atoms with Crippen LogP contribution in [0.4, 0.5) is 11.4 Å². The number of aromatic hydroxyl groups is 1. The van der Waals surface area contributed by atoms with E-state index >= 15 is 0 Å². The molecule has 0 aliphatic rings. The lowest BCUT2D eigenvalue weighted by Crippen LogP contribution is -2.21. The maximum atomic E-state index is 13.2. The minimum Gasteiger partial charge on any atom is -0.494 e. The lowest BCUT2D eigenvalue weighted by Gasteiger charge is -2.11. The van der Waals surface area contributed by atoms with Crippen LogP contribution in [-0.2, 0) is 16.6 Å². The van der Waals surface area contributed by atoms with Crippen molar-refractivity contribution in [1.29, 1.82) is 0 Å². The first-order valence-corrected chi connectivity index (χ1v) is 14.2. The van der Waals surface area contributed by atoms with Crippen molar-refractivity contribution in [3.05, 3.63) is 120 Å². The Balaban J connectivity index is 1.59. The van der Waals surface area contributed by atoms with E-state index in [1.807, 2.05) is 60.7 Å². The second-order valence-corrected chi connectivity index (χ2v) is 11.2. The van der Waals surface area contributed by atoms with Gasteiger partial charge in [0.05, 0.1) is 21.9 Å². The van der Waals surface area contributed by atoms with Gasteiger partial charge in [-0.1, -0.05) is 74.5 Å². The highest BCUT2D eigenvalue weighted by molar-refractivity contribution is 7.92. The summed E-state index contributed by atoms with van der Waals surface area (Å²) in [5.41, 5.74) is 4.66. The third-order valence-corrected chi connectivity index (χ3v) is 7.64. The molecule has 0 saturated carbocycles. The van der Waals surface area contributed by atoms with Crippen LogP contribution in [0.1, 0.15) is 30.5 Å². The minimum absolute atomic E-state index is 0.0773. The maximum Gasteiger partial charge on any atom is 0.261 e. The van der Waals surface area contributed by atoms with E-state index in [4.69, 9.17) is 4.99 Å². The van der Waals surface area contributed by atoms with Gasteiger partial charge in [0.15, 0.2) is 5.88 Å². The summed E-state index contributed by atoms with van der Waals surface area (Å²) in [6.45, 7) is 4.96. The summed E-state index contributed by atoms with van der Waals surface area (Å²) >= 11 is 0. The number of benzene rings is 4. The highest BCUT2D eigenvalue weighted by atomic mass is 32.2. The van der Waals surface area contributed by atoms with Crippen molar-refractivity contribution in [2.45, 2.75) is 31.3 Å². The van der Waals surface area contributed by atoms with E-state index in [9.17, 15) is 13.5 Å². The topological polar surface area (TPSA) is 107 Å². The Kier molecular flexibility index (Phi) is 7.49. The molecule has 5 aromatic rings. The van der Waals surface area contributed by atoms with E-state index in [-0.39, 0.29) is 10.8 Å². The largest absolute Gasteiger partial charge is 0.494 e. The molecule has 0 saturated heterocycles. The highest BCUT2D eigenvalue weighted by Crippen LogP contribution is 2.33. The Hall–Kier alpha value is -4.40. The van der Waals surface area contributed by atoms with Crippen LogP contribution in [0, 0.1) is 0 Å². The molecule has 0 aliphatic carbocycles. The number of rotatable bonds is 9. The second kappa shape index (κ2) is 11.1. The Morgan fingerprint density at radius 2 is 1.56 bits per heavy atom. The van der Waals surface area contributed by atoms with Crippen molar-refractivity contribution in [1.82, 2.24) is 10.3 Å². The number of hydrogen-bond acceptors (Lipinski definition) is 5. The van der Waals surface area contributed by atoms with Crippen molar-refractivity contribution in [2.75, 3.05) is 4.72 Å². The summed E-state index contributed by atoms with van der Waals surface area (Å²) in [6.07, 6.45) is 0. The molecule has 0 amide bonds. The lowest BCUT2D eigenvalue weighted by molar-refractivity contribution is 0.457. The second-order valence-electron chi connectivity index (χ2n) is 9.56. The molecule has 198 valence electrons. The van der Waals surface area contributed by atoms with Crippen LogP contribution < -0.4 is 10.0 Å². The number of nitrogens with one attached hydrogen (secondary N) is 3. The summed E-state index contributed by atoms with van der Waals surface area (Å²) < 4.78 is 29.0. The fourth-order valence-electron chi connectivity index (χ4n) is 4.28. The van der Waals surface area contributed by atoms with Gasteiger partial charge in [0.1, 0.15) is 0 Å². The molecule has 0 fully saturated rings. The molecule has 1 aromatic heterocycles.